The number of halogens is 4. The van der Waals surface area contributed by atoms with Crippen molar-refractivity contribution in [3.8, 4) is 0 Å². The van der Waals surface area contributed by atoms with E-state index in [1.807, 2.05) is 0 Å². The summed E-state index contributed by atoms with van der Waals surface area (Å²) in [5.41, 5.74) is 0. The van der Waals surface area contributed by atoms with Gasteiger partial charge in [0.2, 0.25) is 0 Å². The molecule has 1 nitrogen and oxygen atoms in total. The van der Waals surface area contributed by atoms with Crippen LogP contribution in [0.15, 0.2) is 0 Å². The van der Waals surface area contributed by atoms with Gasteiger partial charge in [0.25, 0.3) is 0 Å². The Morgan fingerprint density at radius 3 is 1.75 bits per heavy atom. The summed E-state index contributed by atoms with van der Waals surface area (Å²) in [5, 5.41) is 0. The van der Waals surface area contributed by atoms with E-state index >= 15 is 0 Å². The molecular formula is C2HCl4OZr. The van der Waals surface area contributed by atoms with E-state index in [4.69, 9.17) is 46.4 Å². The quantitative estimate of drug-likeness (QED) is 0.702. The van der Waals surface area contributed by atoms with E-state index in [0.717, 1.165) is 25.2 Å². The maximum atomic E-state index is 5.36. The molecule has 0 saturated carbocycles. The summed E-state index contributed by atoms with van der Waals surface area (Å²) in [6.45, 7) is 0. The number of hydrogen-bond acceptors (Lipinski definition) is 1. The molecule has 0 aromatic heterocycles. The Morgan fingerprint density at radius 1 is 1.38 bits per heavy atom. The Hall–Kier alpha value is 2.00. The molecule has 8 heavy (non-hydrogen) atoms. The molecule has 0 radical (unpaired) electrons. The van der Waals surface area contributed by atoms with Crippen LogP contribution in [0.2, 0.25) is 0 Å². The zero-order chi connectivity index (χ0) is 6.78. The van der Waals surface area contributed by atoms with Crippen LogP contribution in [0.4, 0.5) is 0 Å². The van der Waals surface area contributed by atoms with Crippen molar-refractivity contribution < 1.29 is 28.0 Å². The van der Waals surface area contributed by atoms with Crippen LogP contribution in [0.1, 0.15) is 0 Å². The Balaban J connectivity index is 3.71. The standard InChI is InChI=1S/C2HCl4O.Zr/c3-1(4)2(5,6)7;/h1H;/q-1;+1. The summed E-state index contributed by atoms with van der Waals surface area (Å²) < 4.78 is 3.11. The third-order valence-electron chi connectivity index (χ3n) is 0.390. The molecule has 0 aromatic rings. The van der Waals surface area contributed by atoms with Crippen LogP contribution < -0.4 is 0 Å². The average Bonchev–Trinajstić information content (AvgIpc) is 1.67. The van der Waals surface area contributed by atoms with Crippen LogP contribution in [0.25, 0.3) is 0 Å². The second-order valence-electron chi connectivity index (χ2n) is 0.965. The van der Waals surface area contributed by atoms with Gasteiger partial charge >= 0.3 is 83.7 Å². The molecule has 0 spiro atoms. The molecule has 0 aromatic carbocycles. The molecule has 0 unspecified atom stereocenters. The molecule has 0 fully saturated rings. The van der Waals surface area contributed by atoms with E-state index < -0.39 is 9.36 Å². The summed E-state index contributed by atoms with van der Waals surface area (Å²) in [6, 6.07) is 0. The monoisotopic (exact) mass is 271 g/mol. The normalized spacial score (nSPS) is 12.5. The molecule has 0 N–H and O–H groups in total. The molecule has 47 valence electrons. The Kier molecular flexibility index (Phi) is 5.00. The Bertz CT molecular complexity index is 74.4. The van der Waals surface area contributed by atoms with Gasteiger partial charge in [-0.2, -0.15) is 0 Å². The molecular weight excluding hydrogens is 273 g/mol. The van der Waals surface area contributed by atoms with Crippen LogP contribution in [-0.4, -0.2) is 9.36 Å². The fraction of sp³-hybridized carbons (Fsp3) is 1.00. The molecule has 0 rings (SSSR count). The van der Waals surface area contributed by atoms with Crippen molar-refractivity contribution in [2.24, 2.45) is 0 Å². The minimum atomic E-state index is -1.44. The summed E-state index contributed by atoms with van der Waals surface area (Å²) in [5.74, 6) is 0. The third kappa shape index (κ3) is 3.24. The summed E-state index contributed by atoms with van der Waals surface area (Å²) in [6.07, 6.45) is 0. The van der Waals surface area contributed by atoms with Crippen molar-refractivity contribution in [1.82, 2.24) is 0 Å². The van der Waals surface area contributed by atoms with Crippen LogP contribution in [-0.2, 0) is 28.0 Å². The van der Waals surface area contributed by atoms with Gasteiger partial charge in [0.15, 0.2) is 0 Å². The second-order valence-corrected chi connectivity index (χ2v) is 3.88. The molecule has 0 amide bonds. The van der Waals surface area contributed by atoms with Crippen molar-refractivity contribution in [3.63, 3.8) is 0 Å². The van der Waals surface area contributed by atoms with E-state index in [0.29, 0.717) is 0 Å². The summed E-state index contributed by atoms with van der Waals surface area (Å²) in [7, 11) is 0. The molecule has 0 bridgehead atoms. The predicted molar refractivity (Wildman–Crippen MR) is 31.0 cm³/mol. The van der Waals surface area contributed by atoms with Crippen molar-refractivity contribution in [3.05, 3.63) is 0 Å². The fourth-order valence-corrected chi connectivity index (χ4v) is 0.791. The average molecular weight is 274 g/mol. The second kappa shape index (κ2) is 4.00. The Morgan fingerprint density at radius 2 is 1.75 bits per heavy atom. The van der Waals surface area contributed by atoms with Crippen LogP contribution in [0.3, 0.4) is 0 Å². The first-order valence-electron chi connectivity index (χ1n) is 1.51. The van der Waals surface area contributed by atoms with E-state index in [-0.39, 0.29) is 0 Å². The van der Waals surface area contributed by atoms with Gasteiger partial charge in [-0.3, -0.25) is 0 Å². The van der Waals surface area contributed by atoms with Crippen LogP contribution in [0.5, 0.6) is 0 Å². The molecule has 0 aliphatic rings. The topological polar surface area (TPSA) is 9.23 Å². The number of rotatable bonds is 2. The van der Waals surface area contributed by atoms with E-state index in [2.05, 4.69) is 2.81 Å². The van der Waals surface area contributed by atoms with Crippen LogP contribution >= 0.6 is 46.4 Å². The first kappa shape index (κ1) is 10.0. The summed E-state index contributed by atoms with van der Waals surface area (Å²) in [4.78, 5) is -0.912. The van der Waals surface area contributed by atoms with Gasteiger partial charge in [-0.15, -0.1) is 0 Å². The van der Waals surface area contributed by atoms with Crippen molar-refractivity contribution in [2.45, 2.75) is 9.36 Å². The molecule has 0 aliphatic heterocycles. The van der Waals surface area contributed by atoms with Crippen molar-refractivity contribution in [2.75, 3.05) is 0 Å². The van der Waals surface area contributed by atoms with E-state index in [1.54, 1.807) is 0 Å². The molecule has 0 atom stereocenters. The van der Waals surface area contributed by atoms with Crippen molar-refractivity contribution >= 4 is 46.4 Å². The van der Waals surface area contributed by atoms with Gasteiger partial charge in [0, 0.05) is 0 Å². The van der Waals surface area contributed by atoms with Gasteiger partial charge < -0.3 is 0 Å². The summed E-state index contributed by atoms with van der Waals surface area (Å²) >= 11 is 22.0. The third-order valence-corrected chi connectivity index (χ3v) is 3.47. The predicted octanol–water partition coefficient (Wildman–Crippen LogP) is 2.40. The fourth-order valence-electron chi connectivity index (χ4n) is 0.0445. The first-order valence-corrected chi connectivity index (χ1v) is 4.14. The minimum absolute atomic E-state index is 0.731. The zero-order valence-corrected chi connectivity index (χ0v) is 8.98. The number of hydrogen-bond donors (Lipinski definition) is 0. The first-order chi connectivity index (χ1) is 3.50. The van der Waals surface area contributed by atoms with Gasteiger partial charge in [0.1, 0.15) is 0 Å². The molecule has 0 heterocycles. The molecule has 6 heteroatoms. The molecule has 0 saturated heterocycles. The molecule has 0 aliphatic carbocycles. The van der Waals surface area contributed by atoms with Gasteiger partial charge in [-0.05, 0) is 0 Å². The van der Waals surface area contributed by atoms with Crippen LogP contribution in [0, 0.1) is 0 Å². The van der Waals surface area contributed by atoms with Gasteiger partial charge in [0.05, 0.1) is 0 Å². The van der Waals surface area contributed by atoms with Gasteiger partial charge in [-0.25, -0.2) is 0 Å². The Labute approximate surface area is 83.0 Å². The maximum absolute atomic E-state index is 5.36. The SMILES string of the molecule is ClC(Cl)C(Cl)(Cl)[O][Zr]. The van der Waals surface area contributed by atoms with E-state index in [1.165, 1.54) is 0 Å². The number of alkyl halides is 4. The zero-order valence-electron chi connectivity index (χ0n) is 3.50. The van der Waals surface area contributed by atoms with Gasteiger partial charge in [-0.1, -0.05) is 0 Å². The van der Waals surface area contributed by atoms with Crippen molar-refractivity contribution in [1.29, 1.82) is 0 Å². The van der Waals surface area contributed by atoms with E-state index in [9.17, 15) is 0 Å².